The number of alkyl halides is 1. The van der Waals surface area contributed by atoms with Crippen LogP contribution in [0.5, 0.6) is 0 Å². The Balaban J connectivity index is 2.21. The van der Waals surface area contributed by atoms with Gasteiger partial charge in [-0.25, -0.2) is 4.39 Å². The van der Waals surface area contributed by atoms with Crippen molar-refractivity contribution in [2.75, 3.05) is 6.54 Å². The largest absolute Gasteiger partial charge is 0.355 e. The Hall–Kier alpha value is -0.600. The quantitative estimate of drug-likeness (QED) is 0.586. The molecule has 2 nitrogen and oxygen atoms in total. The molecule has 2 unspecified atom stereocenters. The zero-order valence-corrected chi connectivity index (χ0v) is 7.11. The summed E-state index contributed by atoms with van der Waals surface area (Å²) in [5.41, 5.74) is -0.627. The molecule has 0 aromatic rings. The Kier molecular flexibility index (Phi) is 1.81. The minimum Gasteiger partial charge on any atom is -0.355 e. The maximum Gasteiger partial charge on any atom is 0.229 e. The smallest absolute Gasteiger partial charge is 0.229 e. The number of carbonyl (C=O) groups excluding carboxylic acids is 1. The monoisotopic (exact) mass is 171 g/mol. The number of nitrogens with one attached hydrogen (secondary N) is 1. The molecule has 0 aromatic heterocycles. The number of carbonyl (C=O) groups is 1. The van der Waals surface area contributed by atoms with Gasteiger partial charge in [0, 0.05) is 6.54 Å². The molecule has 1 saturated carbocycles. The van der Waals surface area contributed by atoms with E-state index in [0.717, 1.165) is 19.3 Å². The van der Waals surface area contributed by atoms with Crippen LogP contribution in [-0.2, 0) is 4.79 Å². The van der Waals surface area contributed by atoms with Crippen molar-refractivity contribution < 1.29 is 9.18 Å². The van der Waals surface area contributed by atoms with Gasteiger partial charge in [0.2, 0.25) is 5.91 Å². The molecule has 2 fully saturated rings. The normalized spacial score (nSPS) is 41.8. The Morgan fingerprint density at radius 2 is 2.25 bits per heavy atom. The molecule has 2 aliphatic rings. The number of hydrogen-bond donors (Lipinski definition) is 1. The fourth-order valence-corrected chi connectivity index (χ4v) is 2.42. The van der Waals surface area contributed by atoms with Gasteiger partial charge in [-0.1, -0.05) is 12.8 Å². The van der Waals surface area contributed by atoms with Gasteiger partial charge in [0.15, 0.2) is 0 Å². The van der Waals surface area contributed by atoms with Gasteiger partial charge in [0.1, 0.15) is 6.17 Å². The molecular weight excluding hydrogens is 157 g/mol. The lowest BCUT2D eigenvalue weighted by molar-refractivity contribution is -0.133. The SMILES string of the molecule is O=C1NCCC12CCCCC2F. The molecule has 1 heterocycles. The van der Waals surface area contributed by atoms with Crippen LogP contribution in [0.2, 0.25) is 0 Å². The zero-order valence-electron chi connectivity index (χ0n) is 7.11. The fraction of sp³-hybridized carbons (Fsp3) is 0.889. The molecule has 3 heteroatoms. The molecular formula is C9H14FNO. The molecule has 2 rings (SSSR count). The van der Waals surface area contributed by atoms with Crippen LogP contribution in [-0.4, -0.2) is 18.6 Å². The standard InChI is InChI=1S/C9H14FNO/c10-7-3-1-2-4-9(7)5-6-11-8(9)12/h7H,1-6H2,(H,11,12). The van der Waals surface area contributed by atoms with Gasteiger partial charge >= 0.3 is 0 Å². The zero-order chi connectivity index (χ0) is 8.60. The Bertz CT molecular complexity index is 207. The number of hydrogen-bond acceptors (Lipinski definition) is 1. The van der Waals surface area contributed by atoms with Crippen molar-refractivity contribution in [3.8, 4) is 0 Å². The van der Waals surface area contributed by atoms with Gasteiger partial charge in [-0.3, -0.25) is 4.79 Å². The summed E-state index contributed by atoms with van der Waals surface area (Å²) in [6, 6.07) is 0. The van der Waals surface area contributed by atoms with Crippen molar-refractivity contribution in [3.63, 3.8) is 0 Å². The first-order valence-electron chi connectivity index (χ1n) is 4.68. The van der Waals surface area contributed by atoms with Crippen LogP contribution in [0.4, 0.5) is 4.39 Å². The summed E-state index contributed by atoms with van der Waals surface area (Å²) >= 11 is 0. The number of halogens is 1. The second kappa shape index (κ2) is 2.71. The lowest BCUT2D eigenvalue weighted by Crippen LogP contribution is -2.41. The molecule has 68 valence electrons. The van der Waals surface area contributed by atoms with Crippen molar-refractivity contribution in [2.24, 2.45) is 5.41 Å². The van der Waals surface area contributed by atoms with E-state index in [-0.39, 0.29) is 5.91 Å². The first-order valence-corrected chi connectivity index (χ1v) is 4.68. The second-order valence-corrected chi connectivity index (χ2v) is 3.88. The van der Waals surface area contributed by atoms with Crippen LogP contribution in [0.15, 0.2) is 0 Å². The molecule has 1 saturated heterocycles. The first kappa shape index (κ1) is 8.02. The van der Waals surface area contributed by atoms with Crippen molar-refractivity contribution in [1.29, 1.82) is 0 Å². The van der Waals surface area contributed by atoms with Gasteiger partial charge in [0.05, 0.1) is 5.41 Å². The molecule has 1 aliphatic heterocycles. The summed E-state index contributed by atoms with van der Waals surface area (Å²) in [6.07, 6.45) is 3.08. The average Bonchev–Trinajstić information content (AvgIpc) is 2.41. The predicted octanol–water partition coefficient (Wildman–Crippen LogP) is 1.40. The van der Waals surface area contributed by atoms with Gasteiger partial charge in [-0.05, 0) is 19.3 Å². The lowest BCUT2D eigenvalue weighted by Gasteiger charge is -2.33. The van der Waals surface area contributed by atoms with Gasteiger partial charge < -0.3 is 5.32 Å². The molecule has 1 N–H and O–H groups in total. The van der Waals surface area contributed by atoms with Crippen LogP contribution < -0.4 is 5.32 Å². The summed E-state index contributed by atoms with van der Waals surface area (Å²) in [6.45, 7) is 0.666. The van der Waals surface area contributed by atoms with Gasteiger partial charge in [-0.2, -0.15) is 0 Å². The third-order valence-electron chi connectivity index (χ3n) is 3.24. The van der Waals surface area contributed by atoms with Crippen LogP contribution >= 0.6 is 0 Å². The fourth-order valence-electron chi connectivity index (χ4n) is 2.42. The highest BCUT2D eigenvalue weighted by molar-refractivity contribution is 5.85. The summed E-state index contributed by atoms with van der Waals surface area (Å²) in [5, 5.41) is 2.73. The highest BCUT2D eigenvalue weighted by Gasteiger charge is 2.49. The lowest BCUT2D eigenvalue weighted by atomic mass is 9.71. The van der Waals surface area contributed by atoms with E-state index in [2.05, 4.69) is 5.32 Å². The summed E-state index contributed by atoms with van der Waals surface area (Å²) < 4.78 is 13.5. The minimum atomic E-state index is -0.895. The van der Waals surface area contributed by atoms with Crippen molar-refractivity contribution in [2.45, 2.75) is 38.3 Å². The van der Waals surface area contributed by atoms with Crippen LogP contribution in [0.1, 0.15) is 32.1 Å². The Labute approximate surface area is 71.5 Å². The van der Waals surface area contributed by atoms with E-state index in [1.807, 2.05) is 0 Å². The molecule has 0 aromatic carbocycles. The minimum absolute atomic E-state index is 0.0466. The maximum absolute atomic E-state index is 13.5. The second-order valence-electron chi connectivity index (χ2n) is 3.88. The summed E-state index contributed by atoms with van der Waals surface area (Å²) in [4.78, 5) is 11.4. The van der Waals surface area contributed by atoms with Gasteiger partial charge in [0.25, 0.3) is 0 Å². The third-order valence-corrected chi connectivity index (χ3v) is 3.24. The van der Waals surface area contributed by atoms with Crippen molar-refractivity contribution in [3.05, 3.63) is 0 Å². The van der Waals surface area contributed by atoms with Crippen molar-refractivity contribution in [1.82, 2.24) is 5.32 Å². The molecule has 2 atom stereocenters. The van der Waals surface area contributed by atoms with Crippen molar-refractivity contribution >= 4 is 5.91 Å². The van der Waals surface area contributed by atoms with E-state index < -0.39 is 11.6 Å². The average molecular weight is 171 g/mol. The number of amides is 1. The molecule has 1 amide bonds. The molecule has 12 heavy (non-hydrogen) atoms. The first-order chi connectivity index (χ1) is 5.76. The van der Waals surface area contributed by atoms with E-state index in [9.17, 15) is 9.18 Å². The molecule has 0 bridgehead atoms. The Morgan fingerprint density at radius 1 is 1.42 bits per heavy atom. The van der Waals surface area contributed by atoms with Crippen LogP contribution in [0, 0.1) is 5.41 Å². The highest BCUT2D eigenvalue weighted by atomic mass is 19.1. The van der Waals surface area contributed by atoms with E-state index in [0.29, 0.717) is 19.4 Å². The summed E-state index contributed by atoms with van der Waals surface area (Å²) in [5.74, 6) is -0.0466. The van der Waals surface area contributed by atoms with E-state index in [4.69, 9.17) is 0 Å². The predicted molar refractivity (Wildman–Crippen MR) is 43.4 cm³/mol. The topological polar surface area (TPSA) is 29.1 Å². The van der Waals surface area contributed by atoms with Gasteiger partial charge in [-0.15, -0.1) is 0 Å². The highest BCUT2D eigenvalue weighted by Crippen LogP contribution is 2.43. The molecule has 1 spiro atoms. The summed E-state index contributed by atoms with van der Waals surface area (Å²) in [7, 11) is 0. The molecule has 1 aliphatic carbocycles. The molecule has 0 radical (unpaired) electrons. The Morgan fingerprint density at radius 3 is 2.83 bits per heavy atom. The van der Waals surface area contributed by atoms with Crippen LogP contribution in [0.3, 0.4) is 0 Å². The number of rotatable bonds is 0. The third kappa shape index (κ3) is 0.952. The van der Waals surface area contributed by atoms with E-state index in [1.165, 1.54) is 0 Å². The van der Waals surface area contributed by atoms with Crippen LogP contribution in [0.25, 0.3) is 0 Å². The van der Waals surface area contributed by atoms with E-state index >= 15 is 0 Å². The van der Waals surface area contributed by atoms with E-state index in [1.54, 1.807) is 0 Å². The maximum atomic E-state index is 13.5.